The Balaban J connectivity index is 1.60. The van der Waals surface area contributed by atoms with Crippen molar-refractivity contribution < 1.29 is 9.47 Å². The normalized spacial score (nSPS) is 14.4. The molecule has 1 aliphatic rings. The zero-order chi connectivity index (χ0) is 18.2. The van der Waals surface area contributed by atoms with Crippen LogP contribution in [0.2, 0.25) is 0 Å². The van der Waals surface area contributed by atoms with Crippen molar-refractivity contribution in [2.24, 2.45) is 0 Å². The lowest BCUT2D eigenvalue weighted by Crippen LogP contribution is -1.89. The van der Waals surface area contributed by atoms with Gasteiger partial charge in [-0.15, -0.1) is 0 Å². The average molecular weight is 344 g/mol. The van der Waals surface area contributed by atoms with Crippen molar-refractivity contribution >= 4 is 12.2 Å². The highest BCUT2D eigenvalue weighted by molar-refractivity contribution is 5.57. The van der Waals surface area contributed by atoms with Gasteiger partial charge in [-0.3, -0.25) is 0 Å². The minimum absolute atomic E-state index is 0.884. The quantitative estimate of drug-likeness (QED) is 0.632. The molecule has 0 fully saturated rings. The SMILES string of the molecule is COc1ccc(/C=C/C2=CC=C(/C=C/c3ccc(OC)cc3)CC2)cc1. The number of rotatable bonds is 6. The van der Waals surface area contributed by atoms with Crippen molar-refractivity contribution in [2.75, 3.05) is 14.2 Å². The Bertz CT molecular complexity index is 761. The van der Waals surface area contributed by atoms with Crippen LogP contribution in [0.4, 0.5) is 0 Å². The molecule has 0 unspecified atom stereocenters. The van der Waals surface area contributed by atoms with E-state index in [1.807, 2.05) is 24.3 Å². The summed E-state index contributed by atoms with van der Waals surface area (Å²) in [4.78, 5) is 0. The van der Waals surface area contributed by atoms with Crippen molar-refractivity contribution in [2.45, 2.75) is 12.8 Å². The van der Waals surface area contributed by atoms with Crippen LogP contribution in [-0.4, -0.2) is 14.2 Å². The predicted octanol–water partition coefficient (Wildman–Crippen LogP) is 6.08. The van der Waals surface area contributed by atoms with Crippen LogP contribution in [0.15, 0.2) is 84.0 Å². The van der Waals surface area contributed by atoms with E-state index in [9.17, 15) is 0 Å². The van der Waals surface area contributed by atoms with E-state index in [-0.39, 0.29) is 0 Å². The maximum atomic E-state index is 5.19. The molecule has 0 heterocycles. The smallest absolute Gasteiger partial charge is 0.118 e. The Morgan fingerprint density at radius 2 is 0.962 bits per heavy atom. The van der Waals surface area contributed by atoms with Gasteiger partial charge in [0.1, 0.15) is 11.5 Å². The highest BCUT2D eigenvalue weighted by Crippen LogP contribution is 2.22. The van der Waals surface area contributed by atoms with Crippen LogP contribution >= 0.6 is 0 Å². The average Bonchev–Trinajstić information content (AvgIpc) is 2.72. The molecule has 3 rings (SSSR count). The van der Waals surface area contributed by atoms with Crippen molar-refractivity contribution in [3.05, 3.63) is 95.1 Å². The molecule has 132 valence electrons. The second-order valence-corrected chi connectivity index (χ2v) is 6.20. The lowest BCUT2D eigenvalue weighted by molar-refractivity contribution is 0.414. The van der Waals surface area contributed by atoms with Crippen LogP contribution in [0, 0.1) is 0 Å². The Morgan fingerprint density at radius 1 is 0.577 bits per heavy atom. The van der Waals surface area contributed by atoms with Crippen molar-refractivity contribution in [1.82, 2.24) is 0 Å². The third-order valence-electron chi connectivity index (χ3n) is 4.43. The van der Waals surface area contributed by atoms with E-state index in [4.69, 9.17) is 9.47 Å². The lowest BCUT2D eigenvalue weighted by atomic mass is 9.97. The van der Waals surface area contributed by atoms with Gasteiger partial charge in [0.15, 0.2) is 0 Å². The van der Waals surface area contributed by atoms with Gasteiger partial charge in [-0.05, 0) is 59.4 Å². The number of methoxy groups -OCH3 is 2. The third kappa shape index (κ3) is 5.00. The summed E-state index contributed by atoms with van der Waals surface area (Å²) in [7, 11) is 3.37. The number of allylic oxidation sites excluding steroid dienone is 6. The first-order valence-corrected chi connectivity index (χ1v) is 8.81. The lowest BCUT2D eigenvalue weighted by Gasteiger charge is -2.09. The second kappa shape index (κ2) is 8.91. The molecule has 0 amide bonds. The largest absolute Gasteiger partial charge is 0.497 e. The number of benzene rings is 2. The molecule has 2 aromatic rings. The van der Waals surface area contributed by atoms with Crippen molar-refractivity contribution in [3.63, 3.8) is 0 Å². The molecule has 0 saturated carbocycles. The highest BCUT2D eigenvalue weighted by Gasteiger charge is 2.02. The maximum Gasteiger partial charge on any atom is 0.118 e. The van der Waals surface area contributed by atoms with E-state index >= 15 is 0 Å². The molecule has 1 aliphatic carbocycles. The fourth-order valence-corrected chi connectivity index (χ4v) is 2.78. The van der Waals surface area contributed by atoms with Crippen LogP contribution < -0.4 is 9.47 Å². The summed E-state index contributed by atoms with van der Waals surface area (Å²) in [5, 5.41) is 0. The van der Waals surface area contributed by atoms with Gasteiger partial charge in [0.05, 0.1) is 14.2 Å². The highest BCUT2D eigenvalue weighted by atomic mass is 16.5. The molecule has 0 bridgehead atoms. The molecule has 0 saturated heterocycles. The molecule has 2 heteroatoms. The van der Waals surface area contributed by atoms with Gasteiger partial charge in [0, 0.05) is 0 Å². The van der Waals surface area contributed by atoms with E-state index in [0.29, 0.717) is 0 Å². The minimum Gasteiger partial charge on any atom is -0.497 e. The van der Waals surface area contributed by atoms with Gasteiger partial charge in [0.2, 0.25) is 0 Å². The summed E-state index contributed by atoms with van der Waals surface area (Å²) in [5.41, 5.74) is 5.06. The maximum absolute atomic E-state index is 5.19. The summed E-state index contributed by atoms with van der Waals surface area (Å²) in [6.45, 7) is 0. The summed E-state index contributed by atoms with van der Waals surface area (Å²) in [6.07, 6.45) is 15.2. The fraction of sp³-hybridized carbons (Fsp3) is 0.167. The van der Waals surface area contributed by atoms with Gasteiger partial charge < -0.3 is 9.47 Å². The molecular formula is C24H24O2. The summed E-state index contributed by atoms with van der Waals surface area (Å²) in [6, 6.07) is 16.2. The Hall–Kier alpha value is -3.00. The van der Waals surface area contributed by atoms with Gasteiger partial charge in [-0.2, -0.15) is 0 Å². The summed E-state index contributed by atoms with van der Waals surface area (Å²) < 4.78 is 10.4. The van der Waals surface area contributed by atoms with Crippen LogP contribution in [0.25, 0.3) is 12.2 Å². The van der Waals surface area contributed by atoms with E-state index in [1.165, 1.54) is 22.3 Å². The first-order valence-electron chi connectivity index (χ1n) is 8.81. The molecule has 0 radical (unpaired) electrons. The van der Waals surface area contributed by atoms with Crippen LogP contribution in [0.5, 0.6) is 11.5 Å². The number of ether oxygens (including phenoxy) is 2. The standard InChI is InChI=1S/C24H24O2/c1-25-23-15-11-21(12-16-23)9-7-19-3-5-20(6-4-19)8-10-22-13-17-24(26-2)18-14-22/h3,5,7-18H,4,6H2,1-2H3/b9-7+,10-8+. The van der Waals surface area contributed by atoms with Crippen molar-refractivity contribution in [3.8, 4) is 11.5 Å². The summed E-state index contributed by atoms with van der Waals surface area (Å²) in [5.74, 6) is 1.77. The first-order chi connectivity index (χ1) is 12.8. The van der Waals surface area contributed by atoms with E-state index in [2.05, 4.69) is 60.7 Å². The van der Waals surface area contributed by atoms with Gasteiger partial charge in [-0.1, -0.05) is 60.7 Å². The second-order valence-electron chi connectivity index (χ2n) is 6.20. The predicted molar refractivity (Wildman–Crippen MR) is 109 cm³/mol. The van der Waals surface area contributed by atoms with E-state index in [1.54, 1.807) is 14.2 Å². The Morgan fingerprint density at radius 3 is 1.27 bits per heavy atom. The van der Waals surface area contributed by atoms with Crippen molar-refractivity contribution in [1.29, 1.82) is 0 Å². The molecular weight excluding hydrogens is 320 g/mol. The molecule has 0 atom stereocenters. The monoisotopic (exact) mass is 344 g/mol. The number of hydrogen-bond donors (Lipinski definition) is 0. The van der Waals surface area contributed by atoms with E-state index < -0.39 is 0 Å². The first kappa shape index (κ1) is 17.8. The van der Waals surface area contributed by atoms with Gasteiger partial charge >= 0.3 is 0 Å². The zero-order valence-corrected chi connectivity index (χ0v) is 15.3. The zero-order valence-electron chi connectivity index (χ0n) is 15.3. The van der Waals surface area contributed by atoms with Crippen LogP contribution in [-0.2, 0) is 0 Å². The molecule has 0 spiro atoms. The fourth-order valence-electron chi connectivity index (χ4n) is 2.78. The van der Waals surface area contributed by atoms with Crippen LogP contribution in [0.3, 0.4) is 0 Å². The molecule has 0 aliphatic heterocycles. The Kier molecular flexibility index (Phi) is 6.10. The van der Waals surface area contributed by atoms with Crippen LogP contribution in [0.1, 0.15) is 24.0 Å². The van der Waals surface area contributed by atoms with E-state index in [0.717, 1.165) is 24.3 Å². The topological polar surface area (TPSA) is 18.5 Å². The molecule has 26 heavy (non-hydrogen) atoms. The molecule has 0 aromatic heterocycles. The summed E-state index contributed by atoms with van der Waals surface area (Å²) >= 11 is 0. The van der Waals surface area contributed by atoms with Gasteiger partial charge in [0.25, 0.3) is 0 Å². The number of hydrogen-bond acceptors (Lipinski definition) is 2. The molecule has 0 N–H and O–H groups in total. The van der Waals surface area contributed by atoms with Gasteiger partial charge in [-0.25, -0.2) is 0 Å². The molecule has 2 nitrogen and oxygen atoms in total. The Labute approximate surface area is 155 Å². The third-order valence-corrected chi connectivity index (χ3v) is 4.43. The molecule has 2 aromatic carbocycles. The minimum atomic E-state index is 0.884.